The van der Waals surface area contributed by atoms with E-state index >= 15 is 0 Å². The molecule has 0 aliphatic rings. The summed E-state index contributed by atoms with van der Waals surface area (Å²) in [5.41, 5.74) is 16.7. The lowest BCUT2D eigenvalue weighted by molar-refractivity contribution is 0.591. The standard InChI is InChI=1S/C60H52N2/c1-59(2,3)47-32-35-53-56(39-47)62(49-23-11-8-12-24-49)57-40-48(60(4,5)6)38-54(58(53)57)46-22-17-25-51(37-46)61(55-27-16-15-26-52(55)43-19-9-7-10-20-43)50-33-30-42(31-34-50)45-29-28-41-18-13-14-21-44(41)36-45/h7-40H,1-6H3. The molecule has 0 unspecified atom stereocenters. The Bertz CT molecular complexity index is 3230. The summed E-state index contributed by atoms with van der Waals surface area (Å²) in [6.45, 7) is 13.9. The van der Waals surface area contributed by atoms with Gasteiger partial charge in [-0.15, -0.1) is 0 Å². The maximum atomic E-state index is 2.49. The van der Waals surface area contributed by atoms with Gasteiger partial charge in [0.05, 0.1) is 16.7 Å². The molecule has 0 aliphatic heterocycles. The summed E-state index contributed by atoms with van der Waals surface area (Å²) in [6.07, 6.45) is 0. The fraction of sp³-hybridized carbons (Fsp3) is 0.133. The molecular weight excluding hydrogens is 749 g/mol. The normalized spacial score (nSPS) is 12.0. The molecular formula is C60H52N2. The Balaban J connectivity index is 1.20. The quantitative estimate of drug-likeness (QED) is 0.156. The van der Waals surface area contributed by atoms with Crippen LogP contribution < -0.4 is 4.90 Å². The van der Waals surface area contributed by atoms with Crippen molar-refractivity contribution in [3.63, 3.8) is 0 Å². The molecule has 0 amide bonds. The monoisotopic (exact) mass is 800 g/mol. The number of anilines is 3. The highest BCUT2D eigenvalue weighted by Crippen LogP contribution is 2.46. The molecule has 10 rings (SSSR count). The first-order valence-electron chi connectivity index (χ1n) is 21.8. The number of nitrogens with zero attached hydrogens (tertiary/aromatic N) is 2. The van der Waals surface area contributed by atoms with Gasteiger partial charge in [0.1, 0.15) is 0 Å². The molecule has 9 aromatic carbocycles. The van der Waals surface area contributed by atoms with Crippen molar-refractivity contribution in [3.05, 3.63) is 217 Å². The Morgan fingerprint density at radius 2 is 1.00 bits per heavy atom. The van der Waals surface area contributed by atoms with Crippen LogP contribution in [-0.2, 0) is 10.8 Å². The van der Waals surface area contributed by atoms with Crippen LogP contribution in [0, 0.1) is 0 Å². The molecule has 2 nitrogen and oxygen atoms in total. The van der Waals surface area contributed by atoms with Crippen LogP contribution in [0.15, 0.2) is 206 Å². The van der Waals surface area contributed by atoms with Gasteiger partial charge in [-0.3, -0.25) is 0 Å². The maximum Gasteiger partial charge on any atom is 0.0550 e. The van der Waals surface area contributed by atoms with E-state index in [1.807, 2.05) is 0 Å². The zero-order valence-corrected chi connectivity index (χ0v) is 36.5. The number of hydrogen-bond donors (Lipinski definition) is 0. The Morgan fingerprint density at radius 3 is 1.74 bits per heavy atom. The van der Waals surface area contributed by atoms with Gasteiger partial charge >= 0.3 is 0 Å². The fourth-order valence-corrected chi connectivity index (χ4v) is 9.07. The number of hydrogen-bond acceptors (Lipinski definition) is 1. The first kappa shape index (κ1) is 39.0. The summed E-state index contributed by atoms with van der Waals surface area (Å²) < 4.78 is 2.49. The van der Waals surface area contributed by atoms with Crippen LogP contribution >= 0.6 is 0 Å². The van der Waals surface area contributed by atoms with E-state index in [9.17, 15) is 0 Å². The fourth-order valence-electron chi connectivity index (χ4n) is 9.07. The minimum absolute atomic E-state index is 0.00702. The Hall–Kier alpha value is -7.16. The van der Waals surface area contributed by atoms with Crippen LogP contribution in [0.1, 0.15) is 52.7 Å². The Morgan fingerprint density at radius 1 is 0.371 bits per heavy atom. The molecule has 0 N–H and O–H groups in total. The third-order valence-electron chi connectivity index (χ3n) is 12.5. The molecule has 0 fully saturated rings. The predicted octanol–water partition coefficient (Wildman–Crippen LogP) is 17.0. The van der Waals surface area contributed by atoms with Crippen molar-refractivity contribution in [1.29, 1.82) is 0 Å². The van der Waals surface area contributed by atoms with Crippen molar-refractivity contribution in [1.82, 2.24) is 4.57 Å². The molecule has 0 atom stereocenters. The third kappa shape index (κ3) is 7.16. The summed E-state index contributed by atoms with van der Waals surface area (Å²) in [5.74, 6) is 0. The van der Waals surface area contributed by atoms with Crippen molar-refractivity contribution < 1.29 is 0 Å². The molecule has 2 heteroatoms. The van der Waals surface area contributed by atoms with Gasteiger partial charge in [0.2, 0.25) is 0 Å². The van der Waals surface area contributed by atoms with Crippen LogP contribution in [0.4, 0.5) is 17.1 Å². The van der Waals surface area contributed by atoms with Gasteiger partial charge in [-0.1, -0.05) is 181 Å². The average molecular weight is 801 g/mol. The van der Waals surface area contributed by atoms with Crippen molar-refractivity contribution >= 4 is 49.6 Å². The van der Waals surface area contributed by atoms with Gasteiger partial charge in [-0.2, -0.15) is 0 Å². The molecule has 1 aromatic heterocycles. The largest absolute Gasteiger partial charge is 0.310 e. The summed E-state index contributed by atoms with van der Waals surface area (Å²) in [5, 5.41) is 5.02. The van der Waals surface area contributed by atoms with E-state index in [1.54, 1.807) is 0 Å². The summed E-state index contributed by atoms with van der Waals surface area (Å²) in [6, 6.07) is 76.0. The van der Waals surface area contributed by atoms with E-state index in [0.29, 0.717) is 0 Å². The smallest absolute Gasteiger partial charge is 0.0550 e. The molecule has 0 bridgehead atoms. The van der Waals surface area contributed by atoms with E-state index in [4.69, 9.17) is 0 Å². The van der Waals surface area contributed by atoms with Gasteiger partial charge in [0.25, 0.3) is 0 Å². The molecule has 0 radical (unpaired) electrons. The minimum Gasteiger partial charge on any atom is -0.310 e. The first-order chi connectivity index (χ1) is 30.0. The van der Waals surface area contributed by atoms with Crippen molar-refractivity contribution in [3.8, 4) is 39.1 Å². The summed E-state index contributed by atoms with van der Waals surface area (Å²) in [7, 11) is 0. The van der Waals surface area contributed by atoms with Crippen LogP contribution in [0.25, 0.3) is 71.6 Å². The highest BCUT2D eigenvalue weighted by molar-refractivity contribution is 6.16. The number of para-hydroxylation sites is 2. The van der Waals surface area contributed by atoms with Gasteiger partial charge in [-0.25, -0.2) is 0 Å². The molecule has 302 valence electrons. The predicted molar refractivity (Wildman–Crippen MR) is 267 cm³/mol. The molecule has 1 heterocycles. The highest BCUT2D eigenvalue weighted by Gasteiger charge is 2.25. The van der Waals surface area contributed by atoms with E-state index in [1.165, 1.54) is 82.8 Å². The number of benzene rings is 9. The second-order valence-electron chi connectivity index (χ2n) is 18.7. The van der Waals surface area contributed by atoms with Crippen molar-refractivity contribution in [2.45, 2.75) is 52.4 Å². The lowest BCUT2D eigenvalue weighted by Crippen LogP contribution is -2.12. The van der Waals surface area contributed by atoms with Crippen LogP contribution in [0.2, 0.25) is 0 Å². The minimum atomic E-state index is -0.0808. The van der Waals surface area contributed by atoms with E-state index in [0.717, 1.165) is 17.1 Å². The lowest BCUT2D eigenvalue weighted by Gasteiger charge is -2.29. The molecule has 0 aliphatic carbocycles. The van der Waals surface area contributed by atoms with Crippen LogP contribution in [-0.4, -0.2) is 4.57 Å². The zero-order valence-electron chi connectivity index (χ0n) is 36.5. The SMILES string of the molecule is CC(C)(C)c1ccc2c3c(-c4cccc(N(c5ccc(-c6ccc7ccccc7c6)cc5)c5ccccc5-c5ccccc5)c4)cc(C(C)(C)C)cc3n(-c3ccccc3)c2c1. The number of fused-ring (bicyclic) bond motifs is 4. The van der Waals surface area contributed by atoms with E-state index in [-0.39, 0.29) is 10.8 Å². The van der Waals surface area contributed by atoms with E-state index in [2.05, 4.69) is 257 Å². The molecule has 0 saturated heterocycles. The second kappa shape index (κ2) is 15.4. The number of rotatable bonds is 7. The van der Waals surface area contributed by atoms with Gasteiger partial charge in [-0.05, 0) is 127 Å². The van der Waals surface area contributed by atoms with Gasteiger partial charge < -0.3 is 9.47 Å². The molecule has 0 saturated carbocycles. The van der Waals surface area contributed by atoms with Gasteiger partial charge in [0.15, 0.2) is 0 Å². The summed E-state index contributed by atoms with van der Waals surface area (Å²) in [4.78, 5) is 2.43. The van der Waals surface area contributed by atoms with Gasteiger partial charge in [0, 0.05) is 33.4 Å². The maximum absolute atomic E-state index is 2.49. The van der Waals surface area contributed by atoms with E-state index < -0.39 is 0 Å². The molecule has 10 aromatic rings. The van der Waals surface area contributed by atoms with Crippen molar-refractivity contribution in [2.24, 2.45) is 0 Å². The topological polar surface area (TPSA) is 8.17 Å². The third-order valence-corrected chi connectivity index (χ3v) is 12.5. The molecule has 0 spiro atoms. The number of aromatic nitrogens is 1. The zero-order chi connectivity index (χ0) is 42.6. The highest BCUT2D eigenvalue weighted by atomic mass is 15.1. The lowest BCUT2D eigenvalue weighted by atomic mass is 9.83. The first-order valence-corrected chi connectivity index (χ1v) is 21.8. The van der Waals surface area contributed by atoms with Crippen LogP contribution in [0.5, 0.6) is 0 Å². The molecule has 62 heavy (non-hydrogen) atoms. The average Bonchev–Trinajstić information content (AvgIpc) is 3.63. The Labute approximate surface area is 366 Å². The summed E-state index contributed by atoms with van der Waals surface area (Å²) >= 11 is 0. The Kier molecular flexibility index (Phi) is 9.68. The second-order valence-corrected chi connectivity index (χ2v) is 18.7. The van der Waals surface area contributed by atoms with Crippen LogP contribution in [0.3, 0.4) is 0 Å². The van der Waals surface area contributed by atoms with Crippen molar-refractivity contribution in [2.75, 3.05) is 4.90 Å².